The molecule has 1 atom stereocenters. The average Bonchev–Trinajstić information content (AvgIpc) is 2.66. The van der Waals surface area contributed by atoms with E-state index in [4.69, 9.17) is 5.11 Å². The molecule has 0 fully saturated rings. The molecule has 4 heteroatoms. The highest BCUT2D eigenvalue weighted by Gasteiger charge is 2.18. The summed E-state index contributed by atoms with van der Waals surface area (Å²) in [5.74, 6) is 0. The van der Waals surface area contributed by atoms with Crippen molar-refractivity contribution in [2.75, 3.05) is 6.61 Å². The van der Waals surface area contributed by atoms with E-state index in [1.54, 1.807) is 6.20 Å². The van der Waals surface area contributed by atoms with E-state index < -0.39 is 0 Å². The summed E-state index contributed by atoms with van der Waals surface area (Å²) in [5, 5.41) is 16.6. The van der Waals surface area contributed by atoms with Gasteiger partial charge in [-0.25, -0.2) is 0 Å². The number of aromatic nitrogens is 2. The smallest absolute Gasteiger partial charge is 0.0607 e. The molecular formula is C11H21N3O. The first-order valence-electron chi connectivity index (χ1n) is 5.39. The van der Waals surface area contributed by atoms with Crippen molar-refractivity contribution in [3.05, 3.63) is 18.5 Å². The normalized spacial score (nSPS) is 14.1. The molecule has 0 aromatic carbocycles. The van der Waals surface area contributed by atoms with E-state index in [-0.39, 0.29) is 12.1 Å². The molecule has 86 valence electrons. The Hall–Kier alpha value is -0.870. The fourth-order valence-corrected chi connectivity index (χ4v) is 1.54. The van der Waals surface area contributed by atoms with Crippen LogP contribution in [0.15, 0.2) is 18.5 Å². The van der Waals surface area contributed by atoms with Gasteiger partial charge in [0.25, 0.3) is 0 Å². The molecule has 1 heterocycles. The second-order valence-corrected chi connectivity index (χ2v) is 4.65. The van der Waals surface area contributed by atoms with E-state index in [9.17, 15) is 0 Å². The largest absolute Gasteiger partial charge is 0.394 e. The lowest BCUT2D eigenvalue weighted by atomic mass is 10.0. The summed E-state index contributed by atoms with van der Waals surface area (Å²) in [6.07, 6.45) is 4.75. The standard InChI is InChI=1S/C11H21N3O/c1-10(13-11(2,3)9-15)5-8-14-7-4-6-12-14/h4,6-7,10,13,15H,5,8-9H2,1-3H3. The van der Waals surface area contributed by atoms with Crippen LogP contribution in [0.5, 0.6) is 0 Å². The number of nitrogens with one attached hydrogen (secondary N) is 1. The molecule has 15 heavy (non-hydrogen) atoms. The van der Waals surface area contributed by atoms with Crippen LogP contribution < -0.4 is 5.32 Å². The Morgan fingerprint density at radius 3 is 2.80 bits per heavy atom. The zero-order valence-corrected chi connectivity index (χ0v) is 9.77. The van der Waals surface area contributed by atoms with Crippen LogP contribution in [0.2, 0.25) is 0 Å². The molecule has 4 nitrogen and oxygen atoms in total. The zero-order valence-electron chi connectivity index (χ0n) is 9.77. The number of aliphatic hydroxyl groups excluding tert-OH is 1. The summed E-state index contributed by atoms with van der Waals surface area (Å²) in [5.41, 5.74) is -0.205. The van der Waals surface area contributed by atoms with Gasteiger partial charge in [-0.1, -0.05) is 0 Å². The number of hydrogen-bond donors (Lipinski definition) is 2. The minimum Gasteiger partial charge on any atom is -0.394 e. The van der Waals surface area contributed by atoms with Crippen molar-refractivity contribution in [3.63, 3.8) is 0 Å². The molecular weight excluding hydrogens is 190 g/mol. The minimum atomic E-state index is -0.205. The lowest BCUT2D eigenvalue weighted by Crippen LogP contribution is -2.47. The van der Waals surface area contributed by atoms with Crippen LogP contribution in [0.4, 0.5) is 0 Å². The van der Waals surface area contributed by atoms with Gasteiger partial charge in [-0.15, -0.1) is 0 Å². The van der Waals surface area contributed by atoms with E-state index >= 15 is 0 Å². The van der Waals surface area contributed by atoms with E-state index in [0.29, 0.717) is 6.04 Å². The maximum atomic E-state index is 9.12. The molecule has 0 spiro atoms. The van der Waals surface area contributed by atoms with Crippen molar-refractivity contribution in [2.45, 2.75) is 45.3 Å². The number of nitrogens with zero attached hydrogens (tertiary/aromatic N) is 2. The molecule has 0 aliphatic carbocycles. The Kier molecular flexibility index (Phi) is 4.29. The molecule has 1 rings (SSSR count). The van der Waals surface area contributed by atoms with Crippen molar-refractivity contribution in [1.29, 1.82) is 0 Å². The highest BCUT2D eigenvalue weighted by atomic mass is 16.3. The first kappa shape index (κ1) is 12.2. The summed E-state index contributed by atoms with van der Waals surface area (Å²) in [6, 6.07) is 2.30. The fourth-order valence-electron chi connectivity index (χ4n) is 1.54. The van der Waals surface area contributed by atoms with Gasteiger partial charge >= 0.3 is 0 Å². The van der Waals surface area contributed by atoms with Gasteiger partial charge in [0.15, 0.2) is 0 Å². The van der Waals surface area contributed by atoms with E-state index in [1.807, 2.05) is 30.8 Å². The van der Waals surface area contributed by atoms with Gasteiger partial charge in [0.05, 0.1) is 6.61 Å². The van der Waals surface area contributed by atoms with Crippen molar-refractivity contribution in [3.8, 4) is 0 Å². The van der Waals surface area contributed by atoms with Crippen LogP contribution in [0.3, 0.4) is 0 Å². The molecule has 1 aromatic heterocycles. The van der Waals surface area contributed by atoms with Gasteiger partial charge < -0.3 is 10.4 Å². The van der Waals surface area contributed by atoms with Crippen LogP contribution in [0, 0.1) is 0 Å². The quantitative estimate of drug-likeness (QED) is 0.738. The molecule has 0 bridgehead atoms. The van der Waals surface area contributed by atoms with Crippen molar-refractivity contribution in [1.82, 2.24) is 15.1 Å². The molecule has 1 aromatic rings. The first-order valence-corrected chi connectivity index (χ1v) is 5.39. The van der Waals surface area contributed by atoms with Gasteiger partial charge in [-0.3, -0.25) is 4.68 Å². The number of aliphatic hydroxyl groups is 1. The average molecular weight is 211 g/mol. The Labute approximate surface area is 91.3 Å². The third kappa shape index (κ3) is 4.44. The predicted octanol–water partition coefficient (Wildman–Crippen LogP) is 1.02. The third-order valence-corrected chi connectivity index (χ3v) is 2.38. The molecule has 0 saturated heterocycles. The summed E-state index contributed by atoms with van der Waals surface area (Å²) in [7, 11) is 0. The number of aryl methyl sites for hydroxylation is 1. The molecule has 0 aliphatic heterocycles. The Balaban J connectivity index is 2.27. The van der Waals surface area contributed by atoms with E-state index in [0.717, 1.165) is 13.0 Å². The summed E-state index contributed by atoms with van der Waals surface area (Å²) >= 11 is 0. The van der Waals surface area contributed by atoms with Gasteiger partial charge in [0, 0.05) is 30.5 Å². The van der Waals surface area contributed by atoms with Crippen LogP contribution >= 0.6 is 0 Å². The van der Waals surface area contributed by atoms with Crippen LogP contribution in [-0.4, -0.2) is 33.1 Å². The number of rotatable bonds is 6. The van der Waals surface area contributed by atoms with Gasteiger partial charge in [-0.05, 0) is 33.3 Å². The summed E-state index contributed by atoms with van der Waals surface area (Å²) in [6.45, 7) is 7.18. The molecule has 0 aliphatic rings. The Bertz CT molecular complexity index is 269. The second-order valence-electron chi connectivity index (χ2n) is 4.65. The molecule has 0 radical (unpaired) electrons. The highest BCUT2D eigenvalue weighted by Crippen LogP contribution is 2.04. The van der Waals surface area contributed by atoms with Gasteiger partial charge in [-0.2, -0.15) is 5.10 Å². The topological polar surface area (TPSA) is 50.1 Å². The summed E-state index contributed by atoms with van der Waals surface area (Å²) in [4.78, 5) is 0. The lowest BCUT2D eigenvalue weighted by Gasteiger charge is -2.28. The first-order chi connectivity index (χ1) is 7.03. The van der Waals surface area contributed by atoms with Gasteiger partial charge in [0.2, 0.25) is 0 Å². The molecule has 1 unspecified atom stereocenters. The SMILES string of the molecule is CC(CCn1cccn1)NC(C)(C)CO. The van der Waals surface area contributed by atoms with Crippen molar-refractivity contribution >= 4 is 0 Å². The Morgan fingerprint density at radius 1 is 1.53 bits per heavy atom. The number of hydrogen-bond acceptors (Lipinski definition) is 3. The second kappa shape index (κ2) is 5.28. The van der Waals surface area contributed by atoms with Crippen molar-refractivity contribution in [2.24, 2.45) is 0 Å². The predicted molar refractivity (Wildman–Crippen MR) is 60.6 cm³/mol. The highest BCUT2D eigenvalue weighted by molar-refractivity contribution is 4.81. The third-order valence-electron chi connectivity index (χ3n) is 2.38. The van der Waals surface area contributed by atoms with E-state index in [1.165, 1.54) is 0 Å². The maximum Gasteiger partial charge on any atom is 0.0607 e. The van der Waals surface area contributed by atoms with Crippen molar-refractivity contribution < 1.29 is 5.11 Å². The Morgan fingerprint density at radius 2 is 2.27 bits per heavy atom. The molecule has 0 saturated carbocycles. The van der Waals surface area contributed by atoms with E-state index in [2.05, 4.69) is 17.3 Å². The fraction of sp³-hybridized carbons (Fsp3) is 0.727. The van der Waals surface area contributed by atoms with Crippen LogP contribution in [0.25, 0.3) is 0 Å². The maximum absolute atomic E-state index is 9.12. The minimum absolute atomic E-state index is 0.152. The summed E-state index contributed by atoms with van der Waals surface area (Å²) < 4.78 is 1.92. The van der Waals surface area contributed by atoms with Crippen LogP contribution in [-0.2, 0) is 6.54 Å². The molecule has 0 amide bonds. The lowest BCUT2D eigenvalue weighted by molar-refractivity contribution is 0.174. The van der Waals surface area contributed by atoms with Crippen LogP contribution in [0.1, 0.15) is 27.2 Å². The van der Waals surface area contributed by atoms with Gasteiger partial charge in [0.1, 0.15) is 0 Å². The monoisotopic (exact) mass is 211 g/mol. The zero-order chi connectivity index (χ0) is 11.3. The molecule has 2 N–H and O–H groups in total.